The fraction of sp³-hybridized carbons (Fsp3) is 0.591. The van der Waals surface area contributed by atoms with Crippen LogP contribution in [0.1, 0.15) is 45.6 Å². The number of benzene rings is 1. The number of rotatable bonds is 16. The van der Waals surface area contributed by atoms with E-state index in [-0.39, 0.29) is 28.7 Å². The molecule has 0 saturated carbocycles. The summed E-state index contributed by atoms with van der Waals surface area (Å²) in [6, 6.07) is 7.68. The molecular weight excluding hydrogens is 509 g/mol. The molecule has 4 atom stereocenters. The molecule has 4 N–H and O–H groups in total. The Morgan fingerprint density at radius 3 is 2.24 bits per heavy atom. The van der Waals surface area contributed by atoms with Gasteiger partial charge in [-0.15, -0.1) is 0 Å². The van der Waals surface area contributed by atoms with Crippen molar-refractivity contribution >= 4 is 42.2 Å². The average Bonchev–Trinajstić information content (AvgIpc) is 2.75. The van der Waals surface area contributed by atoms with Crippen LogP contribution in [-0.2, 0) is 30.2 Å². The zero-order valence-electron chi connectivity index (χ0n) is 19.6. The minimum absolute atomic E-state index is 0.110. The third kappa shape index (κ3) is 11.3. The Morgan fingerprint density at radius 2 is 1.70 bits per heavy atom. The van der Waals surface area contributed by atoms with Crippen LogP contribution in [-0.4, -0.2) is 71.4 Å². The standard InChI is InChI=1S/C22H36AsN3O6S/c1-15(2)19(26-21(28)16(3)24-4)20(27)23-18(22(29)30)12-8-9-13-25-33(31,32)14-17-10-6-5-7-11-17/h5-7,10-11,15-16,18-19,23-25H,8-9,12-14H2,1-4H3,(H,26,28)(H,29,30). The van der Waals surface area contributed by atoms with Gasteiger partial charge in [-0.2, -0.15) is 0 Å². The van der Waals surface area contributed by atoms with E-state index >= 15 is 0 Å². The van der Waals surface area contributed by atoms with Crippen molar-refractivity contribution in [1.29, 1.82) is 0 Å². The average molecular weight is 546 g/mol. The van der Waals surface area contributed by atoms with E-state index in [1.807, 2.05) is 19.9 Å². The summed E-state index contributed by atoms with van der Waals surface area (Å²) in [6.45, 7) is 5.52. The quantitative estimate of drug-likeness (QED) is 0.178. The molecule has 0 saturated heterocycles. The molecular formula is C22H36AsN3O6S. The number of carbonyl (C=O) groups excluding carboxylic acids is 2. The minimum atomic E-state index is -3.47. The number of hydrogen-bond acceptors (Lipinski definition) is 6. The zero-order chi connectivity index (χ0) is 25.0. The summed E-state index contributed by atoms with van der Waals surface area (Å²) >= 11 is -1.53. The molecule has 4 unspecified atom stereocenters. The van der Waals surface area contributed by atoms with Gasteiger partial charge in [0.25, 0.3) is 0 Å². The predicted molar refractivity (Wildman–Crippen MR) is 130 cm³/mol. The van der Waals surface area contributed by atoms with Gasteiger partial charge in [-0.1, -0.05) is 0 Å². The van der Waals surface area contributed by atoms with Gasteiger partial charge in [0, 0.05) is 0 Å². The first-order chi connectivity index (χ1) is 15.5. The Hall–Kier alpha value is -1.74. The predicted octanol–water partition coefficient (Wildman–Crippen LogP) is 0.861. The van der Waals surface area contributed by atoms with Gasteiger partial charge < -0.3 is 0 Å². The molecule has 0 spiro atoms. The van der Waals surface area contributed by atoms with Crippen molar-refractivity contribution in [2.75, 3.05) is 13.6 Å². The molecule has 0 aromatic heterocycles. The normalized spacial score (nSPS) is 14.8. The Balaban J connectivity index is 2.53. The number of aliphatic carboxylic acids is 1. The molecule has 0 heterocycles. The van der Waals surface area contributed by atoms with Gasteiger partial charge in [-0.3, -0.25) is 0 Å². The van der Waals surface area contributed by atoms with E-state index < -0.39 is 48.5 Å². The number of nitrogens with one attached hydrogen (secondary N) is 3. The van der Waals surface area contributed by atoms with Crippen LogP contribution in [0.25, 0.3) is 0 Å². The molecule has 0 aliphatic rings. The van der Waals surface area contributed by atoms with Crippen molar-refractivity contribution in [2.45, 2.75) is 62.6 Å². The molecule has 1 aromatic rings. The molecule has 1 rings (SSSR count). The van der Waals surface area contributed by atoms with Crippen LogP contribution in [0.3, 0.4) is 0 Å². The van der Waals surface area contributed by atoms with E-state index in [1.54, 1.807) is 38.2 Å². The topological polar surface area (TPSA) is 142 Å². The summed E-state index contributed by atoms with van der Waals surface area (Å²) in [5.74, 6) is -1.58. The first-order valence-electron chi connectivity index (χ1n) is 11.0. The van der Waals surface area contributed by atoms with Gasteiger partial charge in [0.05, 0.1) is 0 Å². The van der Waals surface area contributed by atoms with Crippen LogP contribution >= 0.6 is 0 Å². The number of sulfonamides is 1. The SMILES string of the molecule is CNC(C)C(=O)NC(C(=O)[AsH]C(CCCCNS(=O)(=O)Cc1ccccc1)C(=O)O)C(C)C. The summed E-state index contributed by atoms with van der Waals surface area (Å²) in [5, 5.41) is 15.1. The number of amides is 1. The van der Waals surface area contributed by atoms with E-state index in [0.717, 1.165) is 0 Å². The number of carboxylic acids is 1. The van der Waals surface area contributed by atoms with Crippen molar-refractivity contribution in [2.24, 2.45) is 5.92 Å². The van der Waals surface area contributed by atoms with Crippen molar-refractivity contribution in [3.05, 3.63) is 35.9 Å². The van der Waals surface area contributed by atoms with Crippen LogP contribution in [0.15, 0.2) is 30.3 Å². The number of carboxylic acid groups (broad SMARTS) is 1. The Morgan fingerprint density at radius 1 is 1.06 bits per heavy atom. The van der Waals surface area contributed by atoms with Gasteiger partial charge >= 0.3 is 203 Å². The summed E-state index contributed by atoms with van der Waals surface area (Å²) in [7, 11) is -1.82. The molecule has 11 heteroatoms. The van der Waals surface area contributed by atoms with Gasteiger partial charge in [-0.05, 0) is 0 Å². The molecule has 0 aliphatic heterocycles. The van der Waals surface area contributed by atoms with Crippen LogP contribution in [0.2, 0.25) is 4.71 Å². The summed E-state index contributed by atoms with van der Waals surface area (Å²) in [5.41, 5.74) is 0.691. The second kappa shape index (κ2) is 14.5. The monoisotopic (exact) mass is 545 g/mol. The third-order valence-corrected chi connectivity index (χ3v) is 9.59. The van der Waals surface area contributed by atoms with Crippen molar-refractivity contribution in [3.8, 4) is 0 Å². The van der Waals surface area contributed by atoms with E-state index in [9.17, 15) is 27.9 Å². The van der Waals surface area contributed by atoms with Crippen LogP contribution < -0.4 is 15.4 Å². The second-order valence-electron chi connectivity index (χ2n) is 8.27. The molecule has 0 aliphatic carbocycles. The van der Waals surface area contributed by atoms with Crippen LogP contribution in [0.5, 0.6) is 0 Å². The fourth-order valence-corrected chi connectivity index (χ4v) is 7.14. The van der Waals surface area contributed by atoms with Gasteiger partial charge in [0.15, 0.2) is 0 Å². The van der Waals surface area contributed by atoms with Gasteiger partial charge in [0.2, 0.25) is 0 Å². The number of carbonyl (C=O) groups is 3. The summed E-state index contributed by atoms with van der Waals surface area (Å²) in [4.78, 5) is 36.7. The first-order valence-corrected chi connectivity index (χ1v) is 14.9. The van der Waals surface area contributed by atoms with E-state index in [4.69, 9.17) is 0 Å². The Kier molecular flexibility index (Phi) is 12.9. The molecule has 1 amide bonds. The van der Waals surface area contributed by atoms with Gasteiger partial charge in [0.1, 0.15) is 0 Å². The fourth-order valence-electron chi connectivity index (χ4n) is 3.01. The third-order valence-electron chi connectivity index (χ3n) is 5.13. The molecule has 0 bridgehead atoms. The van der Waals surface area contributed by atoms with Crippen molar-refractivity contribution in [1.82, 2.24) is 15.4 Å². The first kappa shape index (κ1) is 29.3. The maximum absolute atomic E-state index is 12.8. The molecule has 0 fully saturated rings. The molecule has 0 radical (unpaired) electrons. The number of likely N-dealkylation sites (N-methyl/N-ethyl adjacent to an activating group) is 1. The number of hydrogen-bond donors (Lipinski definition) is 4. The Labute approximate surface area is 203 Å². The van der Waals surface area contributed by atoms with Crippen molar-refractivity contribution in [3.63, 3.8) is 0 Å². The van der Waals surface area contributed by atoms with Crippen LogP contribution in [0, 0.1) is 5.92 Å². The molecule has 33 heavy (non-hydrogen) atoms. The van der Waals surface area contributed by atoms with E-state index in [1.165, 1.54) is 0 Å². The Bertz CT molecular complexity index is 879. The molecule has 186 valence electrons. The zero-order valence-corrected chi connectivity index (χ0v) is 22.5. The molecule has 1 aromatic carbocycles. The second-order valence-corrected chi connectivity index (χ2v) is 13.2. The summed E-state index contributed by atoms with van der Waals surface area (Å²) in [6.07, 6.45) is 1.26. The summed E-state index contributed by atoms with van der Waals surface area (Å²) < 4.78 is 25.9. The van der Waals surface area contributed by atoms with Crippen LogP contribution in [0.4, 0.5) is 0 Å². The van der Waals surface area contributed by atoms with E-state index in [0.29, 0.717) is 24.8 Å². The van der Waals surface area contributed by atoms with E-state index in [2.05, 4.69) is 15.4 Å². The van der Waals surface area contributed by atoms with Gasteiger partial charge in [-0.25, -0.2) is 0 Å². The molecule has 9 nitrogen and oxygen atoms in total. The van der Waals surface area contributed by atoms with Crippen molar-refractivity contribution < 1.29 is 27.9 Å². The number of unbranched alkanes of at least 4 members (excludes halogenated alkanes) is 1. The maximum atomic E-state index is 12.8.